The first kappa shape index (κ1) is 18.3. The SMILES string of the molecule is C[C@@H](NC(=O)CSc1nnc(-c2ccccc2)c2ccccc12)c1ccco1. The van der Waals surface area contributed by atoms with E-state index in [2.05, 4.69) is 15.5 Å². The number of fused-ring (bicyclic) bond motifs is 1. The van der Waals surface area contributed by atoms with E-state index in [1.165, 1.54) is 11.8 Å². The van der Waals surface area contributed by atoms with E-state index in [9.17, 15) is 4.79 Å². The number of nitrogens with one attached hydrogen (secondary N) is 1. The van der Waals surface area contributed by atoms with Crippen LogP contribution in [0, 0.1) is 0 Å². The van der Waals surface area contributed by atoms with Crippen LogP contribution < -0.4 is 5.32 Å². The summed E-state index contributed by atoms with van der Waals surface area (Å²) in [6.07, 6.45) is 1.60. The summed E-state index contributed by atoms with van der Waals surface area (Å²) in [6, 6.07) is 21.5. The molecule has 140 valence electrons. The van der Waals surface area contributed by atoms with Crippen LogP contribution in [0.2, 0.25) is 0 Å². The molecule has 0 bridgehead atoms. The number of hydrogen-bond acceptors (Lipinski definition) is 5. The van der Waals surface area contributed by atoms with E-state index in [0.717, 1.165) is 32.8 Å². The van der Waals surface area contributed by atoms with Gasteiger partial charge in [0.25, 0.3) is 0 Å². The maximum Gasteiger partial charge on any atom is 0.231 e. The molecule has 2 aromatic heterocycles. The minimum absolute atomic E-state index is 0.0769. The van der Waals surface area contributed by atoms with Crippen molar-refractivity contribution in [3.05, 3.63) is 78.8 Å². The summed E-state index contributed by atoms with van der Waals surface area (Å²) >= 11 is 1.38. The van der Waals surface area contributed by atoms with Crippen molar-refractivity contribution in [2.45, 2.75) is 18.0 Å². The summed E-state index contributed by atoms with van der Waals surface area (Å²) in [5.41, 5.74) is 1.87. The Labute approximate surface area is 167 Å². The molecule has 0 unspecified atom stereocenters. The Morgan fingerprint density at radius 1 is 1.00 bits per heavy atom. The molecule has 1 N–H and O–H groups in total. The number of rotatable bonds is 6. The lowest BCUT2D eigenvalue weighted by Gasteiger charge is -2.12. The van der Waals surface area contributed by atoms with Gasteiger partial charge < -0.3 is 9.73 Å². The lowest BCUT2D eigenvalue weighted by molar-refractivity contribution is -0.119. The molecule has 0 spiro atoms. The molecule has 0 fully saturated rings. The lowest BCUT2D eigenvalue weighted by Crippen LogP contribution is -2.27. The van der Waals surface area contributed by atoms with Crippen molar-refractivity contribution >= 4 is 28.4 Å². The van der Waals surface area contributed by atoms with E-state index >= 15 is 0 Å². The van der Waals surface area contributed by atoms with Gasteiger partial charge in [-0.3, -0.25) is 4.79 Å². The first-order chi connectivity index (χ1) is 13.7. The standard InChI is InChI=1S/C22H19N3O2S/c1-15(19-12-7-13-27-19)23-20(26)14-28-22-18-11-6-5-10-17(18)21(24-25-22)16-8-3-2-4-9-16/h2-13,15H,14H2,1H3,(H,23,26)/t15-/m1/s1. The zero-order valence-electron chi connectivity index (χ0n) is 15.3. The van der Waals surface area contributed by atoms with Gasteiger partial charge in [0.2, 0.25) is 5.91 Å². The number of carbonyl (C=O) groups excluding carboxylic acids is 1. The minimum atomic E-state index is -0.175. The molecule has 1 amide bonds. The monoisotopic (exact) mass is 389 g/mol. The van der Waals surface area contributed by atoms with Crippen LogP contribution in [-0.4, -0.2) is 21.9 Å². The fourth-order valence-corrected chi connectivity index (χ4v) is 3.80. The predicted octanol–water partition coefficient (Wildman–Crippen LogP) is 4.86. The Bertz CT molecular complexity index is 1080. The summed E-state index contributed by atoms with van der Waals surface area (Å²) in [6.45, 7) is 1.89. The third-order valence-electron chi connectivity index (χ3n) is 4.39. The smallest absolute Gasteiger partial charge is 0.231 e. The highest BCUT2D eigenvalue weighted by Crippen LogP contribution is 2.31. The summed E-state index contributed by atoms with van der Waals surface area (Å²) in [5.74, 6) is 0.914. The van der Waals surface area contributed by atoms with E-state index in [1.54, 1.807) is 6.26 Å². The maximum atomic E-state index is 12.3. The third kappa shape index (κ3) is 3.92. The summed E-state index contributed by atoms with van der Waals surface area (Å²) < 4.78 is 5.33. The highest BCUT2D eigenvalue weighted by molar-refractivity contribution is 8.00. The number of nitrogens with zero attached hydrogens (tertiary/aromatic N) is 2. The van der Waals surface area contributed by atoms with E-state index < -0.39 is 0 Å². The van der Waals surface area contributed by atoms with Crippen LogP contribution >= 0.6 is 11.8 Å². The van der Waals surface area contributed by atoms with Gasteiger partial charge in [-0.2, -0.15) is 0 Å². The van der Waals surface area contributed by atoms with Crippen LogP contribution in [0.1, 0.15) is 18.7 Å². The Morgan fingerprint density at radius 2 is 1.75 bits per heavy atom. The molecule has 28 heavy (non-hydrogen) atoms. The first-order valence-corrected chi connectivity index (χ1v) is 9.97. The molecule has 0 saturated heterocycles. The van der Waals surface area contributed by atoms with Crippen LogP contribution in [0.15, 0.2) is 82.4 Å². The average molecular weight is 389 g/mol. The van der Waals surface area contributed by atoms with Gasteiger partial charge in [-0.15, -0.1) is 10.2 Å². The summed E-state index contributed by atoms with van der Waals surface area (Å²) in [5, 5.41) is 14.5. The molecule has 0 radical (unpaired) electrons. The fourth-order valence-electron chi connectivity index (χ4n) is 3.02. The van der Waals surface area contributed by atoms with E-state index in [1.807, 2.05) is 73.7 Å². The number of aromatic nitrogens is 2. The molecule has 0 aliphatic carbocycles. The van der Waals surface area contributed by atoms with E-state index in [-0.39, 0.29) is 17.7 Å². The van der Waals surface area contributed by atoms with Gasteiger partial charge in [-0.1, -0.05) is 66.4 Å². The van der Waals surface area contributed by atoms with Gasteiger partial charge in [-0.05, 0) is 19.1 Å². The number of carbonyl (C=O) groups is 1. The maximum absolute atomic E-state index is 12.3. The molecule has 5 nitrogen and oxygen atoms in total. The lowest BCUT2D eigenvalue weighted by atomic mass is 10.1. The quantitative estimate of drug-likeness (QED) is 0.477. The van der Waals surface area contributed by atoms with Crippen molar-refractivity contribution in [2.75, 3.05) is 5.75 Å². The average Bonchev–Trinajstić information content (AvgIpc) is 3.28. The second-order valence-electron chi connectivity index (χ2n) is 6.36. The molecular weight excluding hydrogens is 370 g/mol. The van der Waals surface area contributed by atoms with Gasteiger partial charge in [0.1, 0.15) is 16.5 Å². The Balaban J connectivity index is 1.53. The molecule has 4 aromatic rings. The molecule has 0 aliphatic heterocycles. The Hall–Kier alpha value is -3.12. The van der Waals surface area contributed by atoms with Crippen molar-refractivity contribution in [1.29, 1.82) is 0 Å². The second-order valence-corrected chi connectivity index (χ2v) is 7.32. The topological polar surface area (TPSA) is 68.0 Å². The van der Waals surface area contributed by atoms with Crippen molar-refractivity contribution < 1.29 is 9.21 Å². The van der Waals surface area contributed by atoms with Crippen LogP contribution in [0.4, 0.5) is 0 Å². The molecule has 2 heterocycles. The largest absolute Gasteiger partial charge is 0.467 e. The summed E-state index contributed by atoms with van der Waals surface area (Å²) in [7, 11) is 0. The predicted molar refractivity (Wildman–Crippen MR) is 111 cm³/mol. The molecule has 1 atom stereocenters. The van der Waals surface area contributed by atoms with Gasteiger partial charge in [0.05, 0.1) is 18.1 Å². The highest BCUT2D eigenvalue weighted by atomic mass is 32.2. The van der Waals surface area contributed by atoms with Crippen LogP contribution in [0.25, 0.3) is 22.0 Å². The zero-order chi connectivity index (χ0) is 19.3. The van der Waals surface area contributed by atoms with Crippen LogP contribution in [0.5, 0.6) is 0 Å². The van der Waals surface area contributed by atoms with Crippen molar-refractivity contribution in [2.24, 2.45) is 0 Å². The number of benzene rings is 2. The third-order valence-corrected chi connectivity index (χ3v) is 5.37. The molecule has 4 rings (SSSR count). The van der Waals surface area contributed by atoms with Gasteiger partial charge in [-0.25, -0.2) is 0 Å². The van der Waals surface area contributed by atoms with E-state index in [4.69, 9.17) is 4.42 Å². The first-order valence-electron chi connectivity index (χ1n) is 8.99. The molecule has 6 heteroatoms. The molecular formula is C22H19N3O2S. The Morgan fingerprint density at radius 3 is 2.50 bits per heavy atom. The van der Waals surface area contributed by atoms with Gasteiger partial charge >= 0.3 is 0 Å². The highest BCUT2D eigenvalue weighted by Gasteiger charge is 2.15. The van der Waals surface area contributed by atoms with Crippen molar-refractivity contribution in [1.82, 2.24) is 15.5 Å². The van der Waals surface area contributed by atoms with Crippen molar-refractivity contribution in [3.63, 3.8) is 0 Å². The second kappa shape index (κ2) is 8.27. The fraction of sp³-hybridized carbons (Fsp3) is 0.136. The number of thioether (sulfide) groups is 1. The van der Waals surface area contributed by atoms with Gasteiger partial charge in [0, 0.05) is 16.3 Å². The van der Waals surface area contributed by atoms with Gasteiger partial charge in [0.15, 0.2) is 0 Å². The number of amides is 1. The number of hydrogen-bond donors (Lipinski definition) is 1. The number of furan rings is 1. The van der Waals surface area contributed by atoms with Crippen LogP contribution in [0.3, 0.4) is 0 Å². The zero-order valence-corrected chi connectivity index (χ0v) is 16.1. The van der Waals surface area contributed by atoms with Crippen molar-refractivity contribution in [3.8, 4) is 11.3 Å². The molecule has 0 aliphatic rings. The Kier molecular flexibility index (Phi) is 5.39. The van der Waals surface area contributed by atoms with Crippen LogP contribution in [-0.2, 0) is 4.79 Å². The summed E-state index contributed by atoms with van der Waals surface area (Å²) in [4.78, 5) is 12.3. The van der Waals surface area contributed by atoms with E-state index in [0.29, 0.717) is 0 Å². The normalized spacial score (nSPS) is 12.0. The minimum Gasteiger partial charge on any atom is -0.467 e. The molecule has 0 saturated carbocycles. The molecule has 2 aromatic carbocycles.